The second-order valence-corrected chi connectivity index (χ2v) is 8.30. The number of nitrogens with one attached hydrogen (secondary N) is 2. The van der Waals surface area contributed by atoms with Crippen LogP contribution in [-0.2, 0) is 9.47 Å². The van der Waals surface area contributed by atoms with Gasteiger partial charge in [-0.05, 0) is 39.2 Å². The van der Waals surface area contributed by atoms with Crippen LogP contribution in [0.5, 0.6) is 0 Å². The van der Waals surface area contributed by atoms with Crippen molar-refractivity contribution < 1.29 is 28.7 Å². The highest BCUT2D eigenvalue weighted by molar-refractivity contribution is 7.18. The minimum Gasteiger partial charge on any atom is -0.462 e. The highest BCUT2D eigenvalue weighted by atomic mass is 32.1. The lowest BCUT2D eigenvalue weighted by Crippen LogP contribution is -2.48. The number of carbonyl (C=O) groups is 4. The molecule has 3 rings (SSSR count). The van der Waals surface area contributed by atoms with Gasteiger partial charge in [0.05, 0.1) is 18.8 Å². The van der Waals surface area contributed by atoms with Gasteiger partial charge in [-0.3, -0.25) is 5.32 Å². The molecule has 0 bridgehead atoms. The van der Waals surface area contributed by atoms with Gasteiger partial charge in [0.15, 0.2) is 0 Å². The van der Waals surface area contributed by atoms with Crippen LogP contribution in [0, 0.1) is 6.92 Å². The summed E-state index contributed by atoms with van der Waals surface area (Å²) in [4.78, 5) is 53.2. The third-order valence-corrected chi connectivity index (χ3v) is 6.58. The number of anilines is 1. The van der Waals surface area contributed by atoms with Gasteiger partial charge in [0.1, 0.15) is 9.88 Å². The Labute approximate surface area is 184 Å². The van der Waals surface area contributed by atoms with Crippen LogP contribution in [0.3, 0.4) is 0 Å². The van der Waals surface area contributed by atoms with Gasteiger partial charge in [0.2, 0.25) is 0 Å². The maximum Gasteiger partial charge on any atom is 0.348 e. The zero-order valence-corrected chi connectivity index (χ0v) is 18.8. The van der Waals surface area contributed by atoms with E-state index in [1.165, 1.54) is 0 Å². The second-order valence-electron chi connectivity index (χ2n) is 7.27. The molecule has 0 unspecified atom stereocenters. The summed E-state index contributed by atoms with van der Waals surface area (Å²) in [6, 6.07) is -0.296. The molecule has 0 spiro atoms. The summed E-state index contributed by atoms with van der Waals surface area (Å²) in [5, 5.41) is 5.84. The van der Waals surface area contributed by atoms with Gasteiger partial charge in [-0.2, -0.15) is 0 Å². The number of esters is 2. The average molecular weight is 453 g/mol. The summed E-state index contributed by atoms with van der Waals surface area (Å²) >= 11 is 1.01. The summed E-state index contributed by atoms with van der Waals surface area (Å²) < 4.78 is 10.2. The van der Waals surface area contributed by atoms with Gasteiger partial charge in [-0.25, -0.2) is 19.2 Å². The smallest absolute Gasteiger partial charge is 0.348 e. The lowest BCUT2D eigenvalue weighted by molar-refractivity contribution is 0.0527. The Kier molecular flexibility index (Phi) is 7.37. The fraction of sp³-hybridized carbons (Fsp3) is 0.600. The Morgan fingerprint density at radius 3 is 2.32 bits per heavy atom. The van der Waals surface area contributed by atoms with E-state index in [0.717, 1.165) is 11.3 Å². The van der Waals surface area contributed by atoms with Crippen LogP contribution < -0.4 is 10.6 Å². The summed E-state index contributed by atoms with van der Waals surface area (Å²) in [7, 11) is 0. The molecule has 2 aliphatic rings. The quantitative estimate of drug-likeness (QED) is 0.640. The maximum atomic E-state index is 12.9. The van der Waals surface area contributed by atoms with Gasteiger partial charge in [-0.15, -0.1) is 11.3 Å². The minimum atomic E-state index is -0.596. The lowest BCUT2D eigenvalue weighted by Gasteiger charge is -2.36. The molecule has 0 aromatic carbocycles. The SMILES string of the molecule is CCOC(=O)c1sc(NC(=O)N2CCC(N3CCNC3=O)CC2)c(C(=O)OCC)c1C. The topological polar surface area (TPSA) is 117 Å². The maximum absolute atomic E-state index is 12.9. The van der Waals surface area contributed by atoms with Crippen molar-refractivity contribution in [2.24, 2.45) is 0 Å². The Morgan fingerprint density at radius 2 is 1.74 bits per heavy atom. The highest BCUT2D eigenvalue weighted by Gasteiger charge is 2.33. The number of rotatable bonds is 6. The predicted molar refractivity (Wildman–Crippen MR) is 115 cm³/mol. The number of ether oxygens (including phenoxy) is 2. The molecule has 0 atom stereocenters. The highest BCUT2D eigenvalue weighted by Crippen LogP contribution is 2.34. The third-order valence-electron chi connectivity index (χ3n) is 5.39. The second kappa shape index (κ2) is 9.99. The first-order chi connectivity index (χ1) is 14.9. The number of hydrogen-bond acceptors (Lipinski definition) is 7. The molecule has 2 aliphatic heterocycles. The summed E-state index contributed by atoms with van der Waals surface area (Å²) in [5.74, 6) is -1.14. The number of thiophene rings is 1. The van der Waals surface area contributed by atoms with Gasteiger partial charge >= 0.3 is 24.0 Å². The van der Waals surface area contributed by atoms with E-state index in [0.29, 0.717) is 44.6 Å². The monoisotopic (exact) mass is 452 g/mol. The summed E-state index contributed by atoms with van der Waals surface area (Å²) in [5.41, 5.74) is 0.600. The third kappa shape index (κ3) is 4.92. The normalized spacial score (nSPS) is 16.8. The van der Waals surface area contributed by atoms with E-state index in [9.17, 15) is 19.2 Å². The molecule has 0 saturated carbocycles. The Balaban J connectivity index is 1.71. The number of likely N-dealkylation sites (tertiary alicyclic amines) is 1. The van der Waals surface area contributed by atoms with Crippen molar-refractivity contribution in [3.8, 4) is 0 Å². The molecular weight excluding hydrogens is 424 g/mol. The van der Waals surface area contributed by atoms with Gasteiger partial charge in [0.25, 0.3) is 0 Å². The molecule has 0 radical (unpaired) electrons. The summed E-state index contributed by atoms with van der Waals surface area (Å²) in [6.07, 6.45) is 1.37. The van der Waals surface area contributed by atoms with E-state index >= 15 is 0 Å². The van der Waals surface area contributed by atoms with Crippen molar-refractivity contribution in [1.29, 1.82) is 0 Å². The van der Waals surface area contributed by atoms with Crippen molar-refractivity contribution in [1.82, 2.24) is 15.1 Å². The van der Waals surface area contributed by atoms with E-state index in [1.807, 2.05) is 4.90 Å². The Morgan fingerprint density at radius 1 is 1.10 bits per heavy atom. The van der Waals surface area contributed by atoms with Gasteiger partial charge in [0, 0.05) is 32.2 Å². The first-order valence-corrected chi connectivity index (χ1v) is 11.3. The van der Waals surface area contributed by atoms with Crippen LogP contribution >= 0.6 is 11.3 Å². The fourth-order valence-electron chi connectivity index (χ4n) is 3.83. The molecule has 3 heterocycles. The van der Waals surface area contributed by atoms with Gasteiger partial charge < -0.3 is 24.6 Å². The van der Waals surface area contributed by atoms with Crippen molar-refractivity contribution in [2.75, 3.05) is 44.7 Å². The molecule has 10 nitrogen and oxygen atoms in total. The lowest BCUT2D eigenvalue weighted by atomic mass is 10.0. The zero-order chi connectivity index (χ0) is 22.5. The summed E-state index contributed by atoms with van der Waals surface area (Å²) in [6.45, 7) is 7.72. The molecule has 2 saturated heterocycles. The average Bonchev–Trinajstić information content (AvgIpc) is 3.31. The van der Waals surface area contributed by atoms with Crippen LogP contribution in [-0.4, -0.2) is 79.2 Å². The number of amides is 4. The molecule has 0 aliphatic carbocycles. The molecule has 1 aromatic rings. The molecule has 2 N–H and O–H groups in total. The minimum absolute atomic E-state index is 0.0532. The van der Waals surface area contributed by atoms with E-state index in [4.69, 9.17) is 9.47 Å². The van der Waals surface area contributed by atoms with Crippen molar-refractivity contribution in [2.45, 2.75) is 39.7 Å². The first kappa shape index (κ1) is 22.9. The molecular formula is C20H28N4O6S. The van der Waals surface area contributed by atoms with E-state index in [-0.39, 0.29) is 46.8 Å². The van der Waals surface area contributed by atoms with Crippen molar-refractivity contribution in [3.63, 3.8) is 0 Å². The van der Waals surface area contributed by atoms with Crippen LogP contribution in [0.15, 0.2) is 0 Å². The molecule has 2 fully saturated rings. The van der Waals surface area contributed by atoms with E-state index < -0.39 is 11.9 Å². The number of hydrogen-bond donors (Lipinski definition) is 2. The zero-order valence-electron chi connectivity index (χ0n) is 18.0. The number of urea groups is 2. The first-order valence-electron chi connectivity index (χ1n) is 10.4. The van der Waals surface area contributed by atoms with Crippen molar-refractivity contribution in [3.05, 3.63) is 16.0 Å². The van der Waals surface area contributed by atoms with Crippen LogP contribution in [0.1, 0.15) is 52.3 Å². The Bertz CT molecular complexity index is 862. The number of nitrogens with zero attached hydrogens (tertiary/aromatic N) is 2. The van der Waals surface area contributed by atoms with E-state index in [2.05, 4.69) is 10.6 Å². The van der Waals surface area contributed by atoms with Gasteiger partial charge in [-0.1, -0.05) is 0 Å². The molecule has 4 amide bonds. The standard InChI is InChI=1S/C20H28N4O6S/c1-4-29-17(25)14-12(3)15(18(26)30-5-2)31-16(14)22-20(28)23-9-6-13(7-10-23)24-11-8-21-19(24)27/h13H,4-11H2,1-3H3,(H,21,27)(H,22,28). The molecule has 31 heavy (non-hydrogen) atoms. The Hall–Kier alpha value is -2.82. The van der Waals surface area contributed by atoms with Crippen LogP contribution in [0.2, 0.25) is 0 Å². The number of piperidine rings is 1. The van der Waals surface area contributed by atoms with E-state index in [1.54, 1.807) is 25.7 Å². The van der Waals surface area contributed by atoms with Crippen LogP contribution in [0.25, 0.3) is 0 Å². The molecule has 11 heteroatoms. The molecule has 1 aromatic heterocycles. The van der Waals surface area contributed by atoms with Crippen molar-refractivity contribution >= 4 is 40.3 Å². The number of carbonyl (C=O) groups excluding carboxylic acids is 4. The fourth-order valence-corrected chi connectivity index (χ4v) is 4.91. The predicted octanol–water partition coefficient (Wildman–Crippen LogP) is 2.43. The van der Waals surface area contributed by atoms with Crippen LogP contribution in [0.4, 0.5) is 14.6 Å². The molecule has 170 valence electrons. The largest absolute Gasteiger partial charge is 0.462 e.